The van der Waals surface area contributed by atoms with Gasteiger partial charge in [-0.25, -0.2) is 9.97 Å². The monoisotopic (exact) mass is 986 g/mol. The normalized spacial score (nSPS) is 14.3. The topological polar surface area (TPSA) is 66.0 Å². The Kier molecular flexibility index (Phi) is 20.0. The highest BCUT2D eigenvalue weighted by molar-refractivity contribution is 9.09. The van der Waals surface area contributed by atoms with Gasteiger partial charge in [0, 0.05) is 69.8 Å². The van der Waals surface area contributed by atoms with Crippen molar-refractivity contribution < 1.29 is 9.47 Å². The average Bonchev–Trinajstić information content (AvgIpc) is 3.92. The lowest BCUT2D eigenvalue weighted by molar-refractivity contribution is 0.238. The molecule has 8 rings (SSSR count). The minimum atomic E-state index is 0. The maximum atomic E-state index is 6.35. The summed E-state index contributed by atoms with van der Waals surface area (Å²) < 4.78 is 13.9. The van der Waals surface area contributed by atoms with Crippen molar-refractivity contribution in [3.63, 3.8) is 0 Å². The first-order valence-electron chi connectivity index (χ1n) is 19.2. The number of benzene rings is 4. The number of ether oxygens (including phenoxy) is 2. The molecule has 0 radical (unpaired) electrons. The number of nitrogens with zero attached hydrogens (tertiary/aromatic N) is 5. The van der Waals surface area contributed by atoms with Gasteiger partial charge in [0.2, 0.25) is 0 Å². The molecule has 2 fully saturated rings. The van der Waals surface area contributed by atoms with E-state index in [9.17, 15) is 0 Å². The van der Waals surface area contributed by atoms with Crippen LogP contribution in [-0.2, 0) is 0 Å². The standard InChI is InChI=1S/C21H23Cl2N3OS.C11H12BrNOS.C10H12Cl2N2.ClH/c22-17-4-3-5-19(21(17)23)26-11-9-25(10-12-26)8-1-2-13-27-16-6-7-20-18(14-16)24-15-28-20;12-5-1-2-6-14-9-3-4-11-10(7-9)13-8-15-11;11-8-2-1-3-9(10(8)12)14-6-4-13-5-7-14;/h3-7,14-15H,1-2,8-13H2;3-4,7-8H,1-2,5-6H2;1-3,13H,4-7H2;1H. The molecule has 0 spiro atoms. The van der Waals surface area contributed by atoms with Crippen LogP contribution in [0, 0.1) is 0 Å². The number of halogens is 6. The van der Waals surface area contributed by atoms with Crippen molar-refractivity contribution in [1.29, 1.82) is 0 Å². The van der Waals surface area contributed by atoms with Gasteiger partial charge in [0.1, 0.15) is 11.5 Å². The minimum Gasteiger partial charge on any atom is -0.494 e. The Bertz CT molecular complexity index is 2130. The smallest absolute Gasteiger partial charge is 0.121 e. The van der Waals surface area contributed by atoms with Gasteiger partial charge >= 0.3 is 0 Å². The second-order valence-electron chi connectivity index (χ2n) is 13.5. The Balaban J connectivity index is 0.000000180. The van der Waals surface area contributed by atoms with Crippen molar-refractivity contribution in [1.82, 2.24) is 20.2 Å². The van der Waals surface area contributed by atoms with E-state index in [1.807, 2.05) is 71.7 Å². The summed E-state index contributed by atoms with van der Waals surface area (Å²) in [6, 6.07) is 23.8. The van der Waals surface area contributed by atoms with Gasteiger partial charge in [0.15, 0.2) is 0 Å². The largest absolute Gasteiger partial charge is 0.494 e. The fourth-order valence-corrected chi connectivity index (χ4v) is 9.00. The predicted molar refractivity (Wildman–Crippen MR) is 256 cm³/mol. The van der Waals surface area contributed by atoms with Crippen molar-refractivity contribution in [3.8, 4) is 11.5 Å². The fourth-order valence-electron chi connectivity index (χ4n) is 6.46. The Morgan fingerprint density at radius 2 is 1.12 bits per heavy atom. The van der Waals surface area contributed by atoms with Gasteiger partial charge in [0.05, 0.1) is 76.1 Å². The van der Waals surface area contributed by atoms with Crippen LogP contribution in [0.1, 0.15) is 25.7 Å². The molecule has 2 saturated heterocycles. The van der Waals surface area contributed by atoms with Crippen LogP contribution >= 0.6 is 97.4 Å². The first kappa shape index (κ1) is 46.8. The Labute approximate surface area is 384 Å². The van der Waals surface area contributed by atoms with E-state index in [1.54, 1.807) is 22.7 Å². The molecule has 6 aromatic rings. The third-order valence-corrected chi connectivity index (χ3v) is 13.4. The summed E-state index contributed by atoms with van der Waals surface area (Å²) in [5.74, 6) is 1.83. The lowest BCUT2D eigenvalue weighted by Crippen LogP contribution is -2.46. The highest BCUT2D eigenvalue weighted by Gasteiger charge is 2.19. The van der Waals surface area contributed by atoms with Crippen molar-refractivity contribution in [3.05, 3.63) is 104 Å². The van der Waals surface area contributed by atoms with Crippen molar-refractivity contribution in [2.45, 2.75) is 25.7 Å². The van der Waals surface area contributed by atoms with Gasteiger partial charge in [0.25, 0.3) is 0 Å². The van der Waals surface area contributed by atoms with E-state index >= 15 is 0 Å². The van der Waals surface area contributed by atoms with E-state index in [1.165, 1.54) is 9.40 Å². The number of thiazole rings is 2. The van der Waals surface area contributed by atoms with E-state index in [0.29, 0.717) is 20.1 Å². The Morgan fingerprint density at radius 3 is 1.64 bits per heavy atom. The van der Waals surface area contributed by atoms with Crippen LogP contribution in [0.25, 0.3) is 20.4 Å². The molecule has 4 heterocycles. The number of aromatic nitrogens is 2. The number of nitrogens with one attached hydrogen (secondary N) is 1. The summed E-state index contributed by atoms with van der Waals surface area (Å²) in [4.78, 5) is 15.7. The van der Waals surface area contributed by atoms with E-state index in [0.717, 1.165) is 137 Å². The van der Waals surface area contributed by atoms with E-state index in [-0.39, 0.29) is 12.4 Å². The number of hydrogen-bond donors (Lipinski definition) is 1. The molecule has 0 atom stereocenters. The molecule has 2 aliphatic heterocycles. The van der Waals surface area contributed by atoms with E-state index in [4.69, 9.17) is 55.9 Å². The molecule has 2 aliphatic rings. The molecule has 0 amide bonds. The number of anilines is 2. The van der Waals surface area contributed by atoms with Crippen LogP contribution in [0.15, 0.2) is 83.8 Å². The SMILES string of the molecule is BrCCCCOc1ccc2scnc2c1.Cl.Clc1cccc(N2CCN(CCCCOc3ccc4scnc4c3)CC2)c1Cl.Clc1cccc(N2CCNCC2)c1Cl. The van der Waals surface area contributed by atoms with Crippen molar-refractivity contribution in [2.75, 3.05) is 87.2 Å². The summed E-state index contributed by atoms with van der Waals surface area (Å²) in [7, 11) is 0. The Morgan fingerprint density at radius 1 is 0.621 bits per heavy atom. The van der Waals surface area contributed by atoms with Gasteiger partial charge in [-0.15, -0.1) is 35.1 Å². The molecule has 1 N–H and O–H groups in total. The summed E-state index contributed by atoms with van der Waals surface area (Å²) in [6.07, 6.45) is 4.42. The second kappa shape index (κ2) is 24.8. The number of alkyl halides is 1. The van der Waals surface area contributed by atoms with Crippen LogP contribution in [0.2, 0.25) is 20.1 Å². The minimum absolute atomic E-state index is 0. The number of hydrogen-bond acceptors (Lipinski definition) is 10. The lowest BCUT2D eigenvalue weighted by atomic mass is 10.2. The summed E-state index contributed by atoms with van der Waals surface area (Å²) in [6.45, 7) is 10.6. The molecule has 16 heteroatoms. The molecule has 8 nitrogen and oxygen atoms in total. The van der Waals surface area contributed by atoms with Crippen molar-refractivity contribution >= 4 is 129 Å². The number of piperazine rings is 2. The third kappa shape index (κ3) is 13.9. The first-order chi connectivity index (χ1) is 27.9. The Hall–Kier alpha value is -2.29. The number of fused-ring (bicyclic) bond motifs is 2. The molecule has 4 aromatic carbocycles. The summed E-state index contributed by atoms with van der Waals surface area (Å²) in [5, 5.41) is 6.91. The molecule has 0 saturated carbocycles. The molecular formula is C42H48BrCl5N6O2S2. The quantitative estimate of drug-likeness (QED) is 0.0907. The van der Waals surface area contributed by atoms with Gasteiger partial charge in [-0.3, -0.25) is 4.90 Å². The van der Waals surface area contributed by atoms with Gasteiger partial charge in [-0.05, 0) is 80.8 Å². The molecule has 58 heavy (non-hydrogen) atoms. The summed E-state index contributed by atoms with van der Waals surface area (Å²) in [5.41, 5.74) is 7.85. The van der Waals surface area contributed by atoms with E-state index in [2.05, 4.69) is 58.0 Å². The van der Waals surface area contributed by atoms with Crippen LogP contribution in [0.4, 0.5) is 11.4 Å². The molecule has 0 aliphatic carbocycles. The highest BCUT2D eigenvalue weighted by atomic mass is 79.9. The van der Waals surface area contributed by atoms with Gasteiger partial charge < -0.3 is 24.6 Å². The lowest BCUT2D eigenvalue weighted by Gasteiger charge is -2.36. The van der Waals surface area contributed by atoms with E-state index < -0.39 is 0 Å². The zero-order valence-corrected chi connectivity index (χ0v) is 39.1. The maximum absolute atomic E-state index is 6.35. The zero-order valence-electron chi connectivity index (χ0n) is 32.1. The van der Waals surface area contributed by atoms with Crippen LogP contribution < -0.4 is 24.6 Å². The maximum Gasteiger partial charge on any atom is 0.121 e. The molecule has 0 unspecified atom stereocenters. The molecule has 0 bridgehead atoms. The molecular weight excluding hydrogens is 942 g/mol. The van der Waals surface area contributed by atoms with Crippen LogP contribution in [-0.4, -0.2) is 92.3 Å². The van der Waals surface area contributed by atoms with Gasteiger partial charge in [-0.1, -0.05) is 74.5 Å². The van der Waals surface area contributed by atoms with Crippen LogP contribution in [0.5, 0.6) is 11.5 Å². The first-order valence-corrected chi connectivity index (χ1v) is 23.6. The highest BCUT2D eigenvalue weighted by Crippen LogP contribution is 2.34. The summed E-state index contributed by atoms with van der Waals surface area (Å²) >= 11 is 31.3. The second-order valence-corrected chi connectivity index (χ2v) is 17.6. The zero-order chi connectivity index (χ0) is 39.8. The average molecular weight is 990 g/mol. The predicted octanol–water partition coefficient (Wildman–Crippen LogP) is 12.3. The fraction of sp³-hybridized carbons (Fsp3) is 0.381. The van der Waals surface area contributed by atoms with Gasteiger partial charge in [-0.2, -0.15) is 0 Å². The van der Waals surface area contributed by atoms with Crippen LogP contribution in [0.3, 0.4) is 0 Å². The third-order valence-electron chi connectivity index (χ3n) is 9.57. The number of rotatable bonds is 13. The number of unbranched alkanes of at least 4 members (excludes halogenated alkanes) is 2. The molecule has 312 valence electrons. The van der Waals surface area contributed by atoms with Crippen molar-refractivity contribution in [2.24, 2.45) is 0 Å². The molecule has 2 aromatic heterocycles.